The summed E-state index contributed by atoms with van der Waals surface area (Å²) in [5.41, 5.74) is 0. The Bertz CT molecular complexity index is 129. The normalized spacial score (nSPS) is 73.9. The van der Waals surface area contributed by atoms with Crippen molar-refractivity contribution >= 4 is 11.6 Å². The zero-order valence-corrected chi connectivity index (χ0v) is 5.43. The van der Waals surface area contributed by atoms with Crippen LogP contribution in [0.15, 0.2) is 0 Å². The zero-order valence-electron chi connectivity index (χ0n) is 4.68. The monoisotopic (exact) mass is 128 g/mol. The molecule has 0 N–H and O–H groups in total. The first-order valence-electron chi connectivity index (χ1n) is 3.52. The quantitative estimate of drug-likeness (QED) is 0.437. The van der Waals surface area contributed by atoms with Crippen molar-refractivity contribution in [3.8, 4) is 0 Å². The molecule has 5 atom stereocenters. The Hall–Kier alpha value is 0.290. The Morgan fingerprint density at radius 3 is 1.88 bits per heavy atom. The van der Waals surface area contributed by atoms with E-state index in [0.717, 1.165) is 23.7 Å². The molecule has 0 aromatic heterocycles. The third kappa shape index (κ3) is 0.255. The fraction of sp³-hybridized carbons (Fsp3) is 1.00. The van der Waals surface area contributed by atoms with Crippen LogP contribution in [0.5, 0.6) is 0 Å². The van der Waals surface area contributed by atoms with E-state index in [1.165, 1.54) is 12.8 Å². The topological polar surface area (TPSA) is 0 Å². The highest BCUT2D eigenvalue weighted by Gasteiger charge is 2.67. The summed E-state index contributed by atoms with van der Waals surface area (Å²) in [4.78, 5) is 0. The van der Waals surface area contributed by atoms with E-state index in [1.54, 1.807) is 0 Å². The molecule has 4 fully saturated rings. The van der Waals surface area contributed by atoms with Crippen LogP contribution in [0.2, 0.25) is 0 Å². The van der Waals surface area contributed by atoms with Crippen LogP contribution in [0.4, 0.5) is 0 Å². The average Bonchev–Trinajstić information content (AvgIpc) is 2.23. The Balaban J connectivity index is 2.10. The van der Waals surface area contributed by atoms with Crippen molar-refractivity contribution in [3.63, 3.8) is 0 Å². The van der Waals surface area contributed by atoms with Gasteiger partial charge in [-0.05, 0) is 36.5 Å². The van der Waals surface area contributed by atoms with Crippen LogP contribution in [0, 0.1) is 23.7 Å². The Kier molecular flexibility index (Phi) is 0.502. The van der Waals surface area contributed by atoms with E-state index in [2.05, 4.69) is 0 Å². The summed E-state index contributed by atoms with van der Waals surface area (Å²) >= 11 is 6.10. The summed E-state index contributed by atoms with van der Waals surface area (Å²) in [5.74, 6) is 4.13. The van der Waals surface area contributed by atoms with Gasteiger partial charge in [0.15, 0.2) is 0 Å². The summed E-state index contributed by atoms with van der Waals surface area (Å²) in [7, 11) is 0. The second-order valence-electron chi connectivity index (χ2n) is 3.58. The molecule has 0 nitrogen and oxygen atoms in total. The van der Waals surface area contributed by atoms with E-state index in [-0.39, 0.29) is 0 Å². The molecule has 4 rings (SSSR count). The molecule has 0 spiro atoms. The van der Waals surface area contributed by atoms with Gasteiger partial charge in [-0.2, -0.15) is 0 Å². The van der Waals surface area contributed by atoms with Crippen molar-refractivity contribution in [2.24, 2.45) is 23.7 Å². The van der Waals surface area contributed by atoms with Crippen molar-refractivity contribution in [1.82, 2.24) is 0 Å². The largest absolute Gasteiger partial charge is 0.122 e. The molecular formula is C7H9Cl. The molecule has 4 aliphatic carbocycles. The van der Waals surface area contributed by atoms with Crippen LogP contribution in [0.1, 0.15) is 12.8 Å². The second kappa shape index (κ2) is 0.965. The number of rotatable bonds is 0. The van der Waals surface area contributed by atoms with Crippen LogP contribution >= 0.6 is 11.6 Å². The highest BCUT2D eigenvalue weighted by Crippen LogP contribution is 2.71. The first kappa shape index (κ1) is 4.16. The molecule has 0 heterocycles. The minimum atomic E-state index is 0.602. The van der Waals surface area contributed by atoms with E-state index in [4.69, 9.17) is 11.6 Å². The minimum Gasteiger partial charge on any atom is -0.122 e. The fourth-order valence-corrected chi connectivity index (χ4v) is 3.56. The molecule has 0 radical (unpaired) electrons. The summed E-state index contributed by atoms with van der Waals surface area (Å²) in [6.45, 7) is 0. The highest BCUT2D eigenvalue weighted by atomic mass is 35.5. The second-order valence-corrected chi connectivity index (χ2v) is 4.08. The molecule has 1 heteroatoms. The molecule has 0 saturated heterocycles. The van der Waals surface area contributed by atoms with Crippen molar-refractivity contribution in [2.45, 2.75) is 18.2 Å². The minimum absolute atomic E-state index is 0.602. The molecule has 4 saturated carbocycles. The van der Waals surface area contributed by atoms with Crippen LogP contribution in [-0.4, -0.2) is 5.38 Å². The SMILES string of the molecule is ClC1C2CC3C1[C@@H]3C2. The van der Waals surface area contributed by atoms with E-state index in [9.17, 15) is 0 Å². The number of hydrogen-bond donors (Lipinski definition) is 0. The van der Waals surface area contributed by atoms with E-state index < -0.39 is 0 Å². The number of alkyl halides is 1. The van der Waals surface area contributed by atoms with Gasteiger partial charge in [-0.1, -0.05) is 0 Å². The summed E-state index contributed by atoms with van der Waals surface area (Å²) < 4.78 is 0. The standard InChI is InChI=1S/C7H9Cl/c8-7-3-1-4-5(2-3)6(4)7/h3-7H,1-2H2/t3?,4-,5?,6?,7?/m1/s1. The summed E-state index contributed by atoms with van der Waals surface area (Å²) in [5, 5.41) is 0.602. The molecule has 4 aliphatic rings. The van der Waals surface area contributed by atoms with Gasteiger partial charge in [-0.25, -0.2) is 0 Å². The van der Waals surface area contributed by atoms with Crippen LogP contribution in [0.25, 0.3) is 0 Å². The molecule has 4 bridgehead atoms. The van der Waals surface area contributed by atoms with Gasteiger partial charge >= 0.3 is 0 Å². The van der Waals surface area contributed by atoms with Gasteiger partial charge < -0.3 is 0 Å². The number of hydrogen-bond acceptors (Lipinski definition) is 0. The van der Waals surface area contributed by atoms with E-state index >= 15 is 0 Å². The zero-order chi connectivity index (χ0) is 5.30. The summed E-state index contributed by atoms with van der Waals surface area (Å²) in [6, 6.07) is 0. The van der Waals surface area contributed by atoms with Crippen LogP contribution in [0.3, 0.4) is 0 Å². The van der Waals surface area contributed by atoms with Gasteiger partial charge in [0.25, 0.3) is 0 Å². The molecule has 0 amide bonds. The van der Waals surface area contributed by atoms with Crippen LogP contribution < -0.4 is 0 Å². The average molecular weight is 129 g/mol. The number of halogens is 1. The van der Waals surface area contributed by atoms with Crippen molar-refractivity contribution < 1.29 is 0 Å². The lowest BCUT2D eigenvalue weighted by molar-refractivity contribution is 0.610. The van der Waals surface area contributed by atoms with E-state index in [1.807, 2.05) is 0 Å². The van der Waals surface area contributed by atoms with Crippen molar-refractivity contribution in [2.75, 3.05) is 0 Å². The molecule has 0 aliphatic heterocycles. The van der Waals surface area contributed by atoms with E-state index in [0.29, 0.717) is 5.38 Å². The maximum atomic E-state index is 6.10. The first-order chi connectivity index (χ1) is 3.88. The predicted molar refractivity (Wildman–Crippen MR) is 32.8 cm³/mol. The predicted octanol–water partition coefficient (Wildman–Crippen LogP) is 1.88. The molecule has 44 valence electrons. The lowest BCUT2D eigenvalue weighted by Crippen LogP contribution is -2.01. The third-order valence-electron chi connectivity index (χ3n) is 3.37. The Morgan fingerprint density at radius 1 is 1.12 bits per heavy atom. The van der Waals surface area contributed by atoms with Gasteiger partial charge in [0.05, 0.1) is 0 Å². The molecule has 0 aromatic rings. The lowest BCUT2D eigenvalue weighted by atomic mass is 10.1. The molecular weight excluding hydrogens is 120 g/mol. The van der Waals surface area contributed by atoms with Gasteiger partial charge in [0, 0.05) is 5.38 Å². The van der Waals surface area contributed by atoms with Gasteiger partial charge in [-0.15, -0.1) is 11.6 Å². The van der Waals surface area contributed by atoms with Crippen molar-refractivity contribution in [3.05, 3.63) is 0 Å². The highest BCUT2D eigenvalue weighted by molar-refractivity contribution is 6.21. The fourth-order valence-electron chi connectivity index (χ4n) is 2.98. The Morgan fingerprint density at radius 2 is 1.75 bits per heavy atom. The maximum absolute atomic E-state index is 6.10. The lowest BCUT2D eigenvalue weighted by Gasteiger charge is -2.01. The van der Waals surface area contributed by atoms with Crippen molar-refractivity contribution in [1.29, 1.82) is 0 Å². The van der Waals surface area contributed by atoms with Crippen LogP contribution in [-0.2, 0) is 0 Å². The first-order valence-corrected chi connectivity index (χ1v) is 3.95. The summed E-state index contributed by atoms with van der Waals surface area (Å²) in [6.07, 6.45) is 2.95. The smallest absolute Gasteiger partial charge is 0.0398 e. The third-order valence-corrected chi connectivity index (χ3v) is 4.01. The molecule has 0 aromatic carbocycles. The maximum Gasteiger partial charge on any atom is 0.0398 e. The molecule has 4 unspecified atom stereocenters. The van der Waals surface area contributed by atoms with Gasteiger partial charge in [0.1, 0.15) is 0 Å². The Labute approximate surface area is 54.2 Å². The molecule has 8 heavy (non-hydrogen) atoms. The van der Waals surface area contributed by atoms with Gasteiger partial charge in [-0.3, -0.25) is 0 Å². The van der Waals surface area contributed by atoms with Gasteiger partial charge in [0.2, 0.25) is 0 Å².